The largest absolute Gasteiger partial charge is 0.456 e. The molecule has 3 aromatic heterocycles. The number of benzene rings is 11. The maximum absolute atomic E-state index is 9.66. The van der Waals surface area contributed by atoms with Gasteiger partial charge in [-0.05, 0) is 133 Å². The molecule has 5 heteroatoms. The fourth-order valence-corrected chi connectivity index (χ4v) is 10.9. The summed E-state index contributed by atoms with van der Waals surface area (Å²) in [6.45, 7) is 0. The van der Waals surface area contributed by atoms with E-state index in [0.29, 0.717) is 45.3 Å². The zero-order valence-corrected chi connectivity index (χ0v) is 37.9. The van der Waals surface area contributed by atoms with Gasteiger partial charge >= 0.3 is 0 Å². The van der Waals surface area contributed by atoms with Crippen LogP contribution in [0.25, 0.3) is 142 Å². The Morgan fingerprint density at radius 2 is 0.971 bits per heavy atom. The van der Waals surface area contributed by atoms with Crippen LogP contribution >= 0.6 is 11.3 Å². The van der Waals surface area contributed by atoms with E-state index in [1.54, 1.807) is 17.4 Å². The summed E-state index contributed by atoms with van der Waals surface area (Å²) in [5, 5.41) is 5.77. The molecule has 0 atom stereocenters. The molecule has 4 nitrogen and oxygen atoms in total. The van der Waals surface area contributed by atoms with Gasteiger partial charge in [-0.25, -0.2) is 15.0 Å². The number of nitrogens with zero attached hydrogens (tertiary/aromatic N) is 3. The molecule has 0 amide bonds. The van der Waals surface area contributed by atoms with Crippen molar-refractivity contribution >= 4 is 75.0 Å². The molecule has 3 heterocycles. The average molecular weight is 917 g/mol. The van der Waals surface area contributed by atoms with Crippen molar-refractivity contribution in [2.75, 3.05) is 0 Å². The van der Waals surface area contributed by atoms with Crippen LogP contribution in [0, 0.1) is 0 Å². The molecule has 0 saturated heterocycles. The van der Waals surface area contributed by atoms with Crippen molar-refractivity contribution in [3.63, 3.8) is 0 Å². The molecule has 0 N–H and O–H groups in total. The van der Waals surface area contributed by atoms with Crippen molar-refractivity contribution < 1.29 is 14.0 Å². The molecule has 326 valence electrons. The van der Waals surface area contributed by atoms with E-state index < -0.39 is 30.2 Å². The summed E-state index contributed by atoms with van der Waals surface area (Å²) in [5.41, 5.74) is 9.74. The molecule has 70 heavy (non-hydrogen) atoms. The van der Waals surface area contributed by atoms with Gasteiger partial charge in [-0.1, -0.05) is 170 Å². The maximum atomic E-state index is 9.66. The summed E-state index contributed by atoms with van der Waals surface area (Å²) in [6.07, 6.45) is 0. The van der Waals surface area contributed by atoms with Crippen molar-refractivity contribution in [1.29, 1.82) is 0 Å². The lowest BCUT2D eigenvalue weighted by Gasteiger charge is -2.14. The Morgan fingerprint density at radius 3 is 1.79 bits per heavy atom. The first-order chi connectivity index (χ1) is 37.6. The molecule has 0 aliphatic heterocycles. The standard InChI is InChI=1S/C65H39N3OS/c1-3-13-40(14-4-1)44-27-28-46-35-48(30-29-45(46)34-44)51-36-50(47-26-25-41-15-7-8-18-43(41)33-47)37-52(38-51)64-66-63(67-65(68-64)56-21-12-24-60-62(56)55-19-9-10-23-59(55)70-60)49-31-32-54-58(39-49)69-57-22-11-20-53(61(54)57)42-16-5-2-6-17-42/h1-39H/i7D,8D,15D,18D,25D,26D,33D. The number of aromatic nitrogens is 3. The normalized spacial score (nSPS) is 13.1. The minimum Gasteiger partial charge on any atom is -0.456 e. The van der Waals surface area contributed by atoms with Gasteiger partial charge in [0.25, 0.3) is 0 Å². The van der Waals surface area contributed by atoms with Gasteiger partial charge in [0.05, 0.1) is 9.60 Å². The molecule has 14 rings (SSSR count). The van der Waals surface area contributed by atoms with Gasteiger partial charge in [0.15, 0.2) is 17.5 Å². The second-order valence-corrected chi connectivity index (χ2v) is 18.5. The van der Waals surface area contributed by atoms with Crippen LogP contribution in [0.1, 0.15) is 9.60 Å². The lowest BCUT2D eigenvalue weighted by Crippen LogP contribution is -2.01. The topological polar surface area (TPSA) is 51.8 Å². The number of hydrogen-bond acceptors (Lipinski definition) is 5. The Bertz CT molecular complexity index is 4790. The van der Waals surface area contributed by atoms with Crippen LogP contribution in [0.2, 0.25) is 0 Å². The monoisotopic (exact) mass is 916 g/mol. The van der Waals surface area contributed by atoms with Crippen molar-refractivity contribution in [2.45, 2.75) is 0 Å². The molecule has 0 spiro atoms. The minimum atomic E-state index is -0.525. The van der Waals surface area contributed by atoms with Gasteiger partial charge in [-0.3, -0.25) is 0 Å². The molecule has 14 aromatic rings. The SMILES string of the molecule is [2H]c1c([2H])c([2H])c2c([2H])c(-c3cc(-c4ccc5cc(-c6ccccc6)ccc5c4)cc(-c4nc(-c5ccc6c(c5)oc5cccc(-c7ccccc7)c56)nc(-c5cccc6sc7ccccc7c56)n4)c3)c([2H])c([2H])c2c1[2H]. The first-order valence-corrected chi connectivity index (χ1v) is 23.8. The molecule has 11 aromatic carbocycles. The second-order valence-electron chi connectivity index (χ2n) is 17.4. The van der Waals surface area contributed by atoms with E-state index in [1.807, 2.05) is 103 Å². The smallest absolute Gasteiger partial charge is 0.164 e. The number of furan rings is 1. The van der Waals surface area contributed by atoms with Crippen LogP contribution in [0.4, 0.5) is 0 Å². The Labute approximate surface area is 417 Å². The third-order valence-corrected chi connectivity index (χ3v) is 14.3. The van der Waals surface area contributed by atoms with E-state index in [9.17, 15) is 4.11 Å². The van der Waals surface area contributed by atoms with Crippen LogP contribution in [0.15, 0.2) is 241 Å². The molecule has 0 aliphatic rings. The molecule has 0 unspecified atom stereocenters. The summed E-state index contributed by atoms with van der Waals surface area (Å²) in [4.78, 5) is 15.9. The third kappa shape index (κ3) is 6.94. The summed E-state index contributed by atoms with van der Waals surface area (Å²) < 4.78 is 71.8. The van der Waals surface area contributed by atoms with Crippen LogP contribution in [-0.4, -0.2) is 15.0 Å². The van der Waals surface area contributed by atoms with Crippen LogP contribution in [0.3, 0.4) is 0 Å². The Hall–Kier alpha value is -9.03. The minimum absolute atomic E-state index is 0.0399. The van der Waals surface area contributed by atoms with Crippen molar-refractivity contribution in [3.8, 4) is 78.7 Å². The zero-order valence-electron chi connectivity index (χ0n) is 44.1. The van der Waals surface area contributed by atoms with E-state index in [2.05, 4.69) is 84.9 Å². The van der Waals surface area contributed by atoms with Gasteiger partial charge < -0.3 is 4.42 Å². The highest BCUT2D eigenvalue weighted by Gasteiger charge is 2.20. The molecule has 0 radical (unpaired) electrons. The molecule has 0 saturated carbocycles. The van der Waals surface area contributed by atoms with E-state index in [1.165, 1.54) is 0 Å². The fourth-order valence-electron chi connectivity index (χ4n) is 9.77. The highest BCUT2D eigenvalue weighted by atomic mass is 32.1. The van der Waals surface area contributed by atoms with Crippen molar-refractivity contribution in [2.24, 2.45) is 0 Å². The Kier molecular flexibility index (Phi) is 7.81. The number of rotatable bonds is 7. The first-order valence-electron chi connectivity index (χ1n) is 26.5. The number of thiophene rings is 1. The van der Waals surface area contributed by atoms with Crippen LogP contribution < -0.4 is 0 Å². The Balaban J connectivity index is 1.02. The average Bonchev–Trinajstić information content (AvgIpc) is 4.07. The lowest BCUT2D eigenvalue weighted by molar-refractivity contribution is 0.669. The quantitative estimate of drug-likeness (QED) is 0.160. The molecular formula is C65H39N3OS. The van der Waals surface area contributed by atoms with E-state index in [4.69, 9.17) is 24.9 Å². The molecular weight excluding hydrogens is 871 g/mol. The van der Waals surface area contributed by atoms with E-state index in [-0.39, 0.29) is 28.4 Å². The summed E-state index contributed by atoms with van der Waals surface area (Å²) >= 11 is 1.70. The molecule has 0 fully saturated rings. The van der Waals surface area contributed by atoms with Gasteiger partial charge in [-0.2, -0.15) is 0 Å². The predicted molar refractivity (Wildman–Crippen MR) is 293 cm³/mol. The van der Waals surface area contributed by atoms with E-state index >= 15 is 0 Å². The van der Waals surface area contributed by atoms with Crippen LogP contribution in [0.5, 0.6) is 0 Å². The van der Waals surface area contributed by atoms with Gasteiger partial charge in [0.2, 0.25) is 0 Å². The van der Waals surface area contributed by atoms with E-state index in [0.717, 1.165) is 80.7 Å². The first kappa shape index (κ1) is 33.4. The Morgan fingerprint density at radius 1 is 0.343 bits per heavy atom. The summed E-state index contributed by atoms with van der Waals surface area (Å²) in [5.74, 6) is 1.12. The highest BCUT2D eigenvalue weighted by molar-refractivity contribution is 7.25. The summed E-state index contributed by atoms with van der Waals surface area (Å²) in [6, 6.07) is 62.3. The number of fused-ring (bicyclic) bond motifs is 8. The fraction of sp³-hybridized carbons (Fsp3) is 0. The third-order valence-electron chi connectivity index (χ3n) is 13.1. The maximum Gasteiger partial charge on any atom is 0.164 e. The zero-order chi connectivity index (χ0) is 52.2. The van der Waals surface area contributed by atoms with Gasteiger partial charge in [0, 0.05) is 47.6 Å². The van der Waals surface area contributed by atoms with Crippen molar-refractivity contribution in [3.05, 3.63) is 236 Å². The highest BCUT2D eigenvalue weighted by Crippen LogP contribution is 2.42. The van der Waals surface area contributed by atoms with Gasteiger partial charge in [-0.15, -0.1) is 11.3 Å². The van der Waals surface area contributed by atoms with Crippen LogP contribution in [-0.2, 0) is 0 Å². The van der Waals surface area contributed by atoms with Crippen molar-refractivity contribution in [1.82, 2.24) is 15.0 Å². The lowest BCUT2D eigenvalue weighted by atomic mass is 9.93. The number of hydrogen-bond donors (Lipinski definition) is 0. The molecule has 0 aliphatic carbocycles. The second kappa shape index (κ2) is 16.3. The van der Waals surface area contributed by atoms with Gasteiger partial charge in [0.1, 0.15) is 11.2 Å². The molecule has 0 bridgehead atoms. The summed E-state index contributed by atoms with van der Waals surface area (Å²) in [7, 11) is 0. The predicted octanol–water partition coefficient (Wildman–Crippen LogP) is 18.1.